The molecule has 0 amide bonds. The summed E-state index contributed by atoms with van der Waals surface area (Å²) in [6.07, 6.45) is 2.16. The van der Waals surface area contributed by atoms with E-state index >= 15 is 0 Å². The second-order valence-corrected chi connectivity index (χ2v) is 4.19. The molecule has 1 unspecified atom stereocenters. The van der Waals surface area contributed by atoms with Crippen LogP contribution in [-0.4, -0.2) is 18.2 Å². The van der Waals surface area contributed by atoms with E-state index in [1.807, 2.05) is 6.92 Å². The highest BCUT2D eigenvalue weighted by Gasteiger charge is 2.43. The number of hydrogen-bond donors (Lipinski definition) is 1. The van der Waals surface area contributed by atoms with Crippen molar-refractivity contribution in [3.05, 3.63) is 29.3 Å². The van der Waals surface area contributed by atoms with Crippen molar-refractivity contribution >= 4 is 5.97 Å². The number of ether oxygens (including phenoxy) is 2. The number of rotatable bonds is 4. The summed E-state index contributed by atoms with van der Waals surface area (Å²) in [5.74, 6) is -1.37. The molecule has 1 aliphatic heterocycles. The summed E-state index contributed by atoms with van der Waals surface area (Å²) in [6.45, 7) is 2.02. The number of hydrogen-bond acceptors (Lipinski definition) is 4. The van der Waals surface area contributed by atoms with Gasteiger partial charge in [0.05, 0.1) is 12.7 Å². The van der Waals surface area contributed by atoms with Gasteiger partial charge in [0.15, 0.2) is 0 Å². The average Bonchev–Trinajstić information content (AvgIpc) is 2.59. The van der Waals surface area contributed by atoms with Crippen molar-refractivity contribution in [2.75, 3.05) is 7.11 Å². The summed E-state index contributed by atoms with van der Waals surface area (Å²) in [6, 6.07) is 5.01. The molecule has 0 fully saturated rings. The monoisotopic (exact) mass is 236 g/mol. The van der Waals surface area contributed by atoms with Gasteiger partial charge in [-0.3, -0.25) is 0 Å². The molecule has 1 heterocycles. The predicted octanol–water partition coefficient (Wildman–Crippen LogP) is 2.20. The van der Waals surface area contributed by atoms with Crippen LogP contribution in [0.5, 0.6) is 5.75 Å². The molecule has 0 spiro atoms. The average molecular weight is 236 g/mol. The predicted molar refractivity (Wildman–Crippen MR) is 61.8 cm³/mol. The van der Waals surface area contributed by atoms with E-state index in [1.54, 1.807) is 18.2 Å². The van der Waals surface area contributed by atoms with Crippen molar-refractivity contribution in [2.24, 2.45) is 0 Å². The van der Waals surface area contributed by atoms with Crippen molar-refractivity contribution in [3.63, 3.8) is 0 Å². The first-order chi connectivity index (χ1) is 8.10. The van der Waals surface area contributed by atoms with Gasteiger partial charge in [-0.25, -0.2) is 4.79 Å². The molecule has 4 heteroatoms. The molecule has 0 saturated heterocycles. The minimum Gasteiger partial charge on any atom is -0.497 e. The van der Waals surface area contributed by atoms with E-state index in [9.17, 15) is 9.90 Å². The fourth-order valence-electron chi connectivity index (χ4n) is 2.03. The van der Waals surface area contributed by atoms with Crippen LogP contribution in [-0.2, 0) is 10.5 Å². The van der Waals surface area contributed by atoms with Gasteiger partial charge in [0.25, 0.3) is 0 Å². The van der Waals surface area contributed by atoms with E-state index in [2.05, 4.69) is 0 Å². The van der Waals surface area contributed by atoms with Crippen LogP contribution < -0.4 is 4.74 Å². The summed E-state index contributed by atoms with van der Waals surface area (Å²) < 4.78 is 10.1. The Hall–Kier alpha value is -1.55. The van der Waals surface area contributed by atoms with Crippen LogP contribution in [0.2, 0.25) is 0 Å². The van der Waals surface area contributed by atoms with Crippen molar-refractivity contribution in [3.8, 4) is 5.75 Å². The SMILES string of the molecule is CCCCC1(O)OC(=O)c2cc(OC)ccc21. The molecule has 1 aliphatic rings. The van der Waals surface area contributed by atoms with Gasteiger partial charge in [0.1, 0.15) is 5.75 Å². The van der Waals surface area contributed by atoms with Gasteiger partial charge in [-0.2, -0.15) is 0 Å². The van der Waals surface area contributed by atoms with Crippen molar-refractivity contribution in [1.82, 2.24) is 0 Å². The maximum Gasteiger partial charge on any atom is 0.341 e. The Kier molecular flexibility index (Phi) is 3.07. The Balaban J connectivity index is 2.37. The van der Waals surface area contributed by atoms with Crippen molar-refractivity contribution in [1.29, 1.82) is 0 Å². The molecule has 1 aromatic carbocycles. The van der Waals surface area contributed by atoms with Crippen LogP contribution in [0, 0.1) is 0 Å². The lowest BCUT2D eigenvalue weighted by Gasteiger charge is -2.21. The van der Waals surface area contributed by atoms with Crippen LogP contribution in [0.3, 0.4) is 0 Å². The van der Waals surface area contributed by atoms with Gasteiger partial charge in [0, 0.05) is 12.0 Å². The Morgan fingerprint density at radius 2 is 2.24 bits per heavy atom. The van der Waals surface area contributed by atoms with Crippen LogP contribution >= 0.6 is 0 Å². The highest BCUT2D eigenvalue weighted by molar-refractivity contribution is 5.94. The zero-order valence-corrected chi connectivity index (χ0v) is 10.0. The Morgan fingerprint density at radius 1 is 1.47 bits per heavy atom. The quantitative estimate of drug-likeness (QED) is 0.814. The van der Waals surface area contributed by atoms with Gasteiger partial charge in [-0.1, -0.05) is 13.3 Å². The normalized spacial score (nSPS) is 22.2. The van der Waals surface area contributed by atoms with Gasteiger partial charge >= 0.3 is 5.97 Å². The zero-order chi connectivity index (χ0) is 12.5. The third-order valence-corrected chi connectivity index (χ3v) is 3.00. The second-order valence-electron chi connectivity index (χ2n) is 4.19. The summed E-state index contributed by atoms with van der Waals surface area (Å²) in [7, 11) is 1.53. The van der Waals surface area contributed by atoms with E-state index in [-0.39, 0.29) is 0 Å². The van der Waals surface area contributed by atoms with Gasteiger partial charge in [-0.05, 0) is 24.6 Å². The number of fused-ring (bicyclic) bond motifs is 1. The summed E-state index contributed by atoms with van der Waals surface area (Å²) >= 11 is 0. The Labute approximate surface area is 100 Å². The molecule has 92 valence electrons. The second kappa shape index (κ2) is 4.37. The standard InChI is InChI=1S/C13H16O4/c1-3-4-7-13(15)11-6-5-9(16-2)8-10(11)12(14)17-13/h5-6,8,15H,3-4,7H2,1-2H3. The molecule has 4 nitrogen and oxygen atoms in total. The van der Waals surface area contributed by atoms with Crippen LogP contribution in [0.15, 0.2) is 18.2 Å². The number of unbranched alkanes of at least 4 members (excludes halogenated alkanes) is 1. The highest BCUT2D eigenvalue weighted by atomic mass is 16.7. The smallest absolute Gasteiger partial charge is 0.341 e. The molecule has 0 bridgehead atoms. The molecule has 0 aliphatic carbocycles. The Bertz CT molecular complexity index is 441. The number of carbonyl (C=O) groups excluding carboxylic acids is 1. The highest BCUT2D eigenvalue weighted by Crippen LogP contribution is 2.39. The van der Waals surface area contributed by atoms with Crippen LogP contribution in [0.4, 0.5) is 0 Å². The molecular weight excluding hydrogens is 220 g/mol. The lowest BCUT2D eigenvalue weighted by atomic mass is 9.97. The number of benzene rings is 1. The molecule has 17 heavy (non-hydrogen) atoms. The minimum atomic E-state index is -1.46. The molecule has 0 saturated carbocycles. The maximum atomic E-state index is 11.7. The molecule has 0 radical (unpaired) electrons. The van der Waals surface area contributed by atoms with E-state index < -0.39 is 11.8 Å². The lowest BCUT2D eigenvalue weighted by Crippen LogP contribution is -2.25. The van der Waals surface area contributed by atoms with E-state index in [4.69, 9.17) is 9.47 Å². The number of methoxy groups -OCH3 is 1. The molecule has 1 N–H and O–H groups in total. The topological polar surface area (TPSA) is 55.8 Å². The van der Waals surface area contributed by atoms with Crippen molar-refractivity contribution in [2.45, 2.75) is 32.0 Å². The number of cyclic esters (lactones) is 1. The van der Waals surface area contributed by atoms with Gasteiger partial charge in [0.2, 0.25) is 5.79 Å². The number of esters is 1. The van der Waals surface area contributed by atoms with E-state index in [0.29, 0.717) is 23.3 Å². The summed E-state index contributed by atoms with van der Waals surface area (Å²) in [5, 5.41) is 10.3. The fraction of sp³-hybridized carbons (Fsp3) is 0.462. The molecule has 1 atom stereocenters. The first-order valence-electron chi connectivity index (χ1n) is 5.75. The lowest BCUT2D eigenvalue weighted by molar-refractivity contribution is -0.168. The molecular formula is C13H16O4. The summed E-state index contributed by atoms with van der Waals surface area (Å²) in [4.78, 5) is 11.7. The zero-order valence-electron chi connectivity index (χ0n) is 10.0. The van der Waals surface area contributed by atoms with Crippen LogP contribution in [0.25, 0.3) is 0 Å². The number of carbonyl (C=O) groups is 1. The summed E-state index contributed by atoms with van der Waals surface area (Å²) in [5.41, 5.74) is 0.930. The third kappa shape index (κ3) is 2.00. The maximum absolute atomic E-state index is 11.7. The van der Waals surface area contributed by atoms with Crippen LogP contribution in [0.1, 0.15) is 42.1 Å². The molecule has 1 aromatic rings. The third-order valence-electron chi connectivity index (χ3n) is 3.00. The molecule has 0 aromatic heterocycles. The number of aliphatic hydroxyl groups is 1. The first-order valence-corrected chi connectivity index (χ1v) is 5.75. The first kappa shape index (κ1) is 11.9. The van der Waals surface area contributed by atoms with E-state index in [1.165, 1.54) is 7.11 Å². The molecule has 2 rings (SSSR count). The fourth-order valence-corrected chi connectivity index (χ4v) is 2.03. The largest absolute Gasteiger partial charge is 0.497 e. The Morgan fingerprint density at radius 3 is 2.88 bits per heavy atom. The van der Waals surface area contributed by atoms with Crippen molar-refractivity contribution < 1.29 is 19.4 Å². The van der Waals surface area contributed by atoms with E-state index in [0.717, 1.165) is 12.8 Å². The van der Waals surface area contributed by atoms with Gasteiger partial charge in [-0.15, -0.1) is 0 Å². The van der Waals surface area contributed by atoms with Gasteiger partial charge < -0.3 is 14.6 Å². The minimum absolute atomic E-state index is 0.392.